The molecule has 0 unspecified atom stereocenters. The average molecular weight is 245 g/mol. The maximum atomic E-state index is 11.8. The van der Waals surface area contributed by atoms with Crippen LogP contribution < -0.4 is 4.74 Å². The fraction of sp³-hybridized carbons (Fsp3) is 0.143. The van der Waals surface area contributed by atoms with E-state index in [0.29, 0.717) is 4.90 Å². The highest BCUT2D eigenvalue weighted by Gasteiger charge is 2.09. The normalized spacial score (nSPS) is 10.6. The minimum absolute atomic E-state index is 0.0607. The summed E-state index contributed by atoms with van der Waals surface area (Å²) in [7, 11) is 0. The van der Waals surface area contributed by atoms with Gasteiger partial charge in [-0.2, -0.15) is 8.78 Å². The molecule has 1 nitrogen and oxygen atoms in total. The van der Waals surface area contributed by atoms with E-state index in [1.165, 1.54) is 12.1 Å². The van der Waals surface area contributed by atoms with Crippen LogP contribution in [0.1, 0.15) is 0 Å². The summed E-state index contributed by atoms with van der Waals surface area (Å²) < 4.78 is 27.6. The highest BCUT2D eigenvalue weighted by atomic mass is 35.5. The highest BCUT2D eigenvalue weighted by molar-refractivity contribution is 7.80. The standard InChI is InChI=1S/C7H4Cl2F2OS/c8-4-1-3(12-7(10)11)2-5(13)6(4)9/h1-2,7,13H. The van der Waals surface area contributed by atoms with Crippen LogP contribution in [0.5, 0.6) is 5.75 Å². The van der Waals surface area contributed by atoms with E-state index < -0.39 is 6.61 Å². The molecule has 72 valence electrons. The van der Waals surface area contributed by atoms with Crippen LogP contribution in [0.2, 0.25) is 10.0 Å². The predicted octanol–water partition coefficient (Wildman–Crippen LogP) is 3.88. The van der Waals surface area contributed by atoms with Crippen molar-refractivity contribution in [2.45, 2.75) is 11.5 Å². The predicted molar refractivity (Wildman–Crippen MR) is 50.3 cm³/mol. The van der Waals surface area contributed by atoms with Crippen molar-refractivity contribution in [3.8, 4) is 5.75 Å². The van der Waals surface area contributed by atoms with Gasteiger partial charge in [0, 0.05) is 11.0 Å². The van der Waals surface area contributed by atoms with E-state index in [4.69, 9.17) is 23.2 Å². The molecule has 0 aliphatic rings. The number of alkyl halides is 2. The SMILES string of the molecule is FC(F)Oc1cc(S)c(Cl)c(Cl)c1. The molecule has 0 bridgehead atoms. The summed E-state index contributed by atoms with van der Waals surface area (Å²) >= 11 is 15.1. The molecule has 0 aliphatic carbocycles. The Hall–Kier alpha value is -0.190. The second kappa shape index (κ2) is 4.35. The molecule has 0 saturated heterocycles. The number of hydrogen-bond donors (Lipinski definition) is 1. The maximum absolute atomic E-state index is 11.8. The first kappa shape index (κ1) is 10.9. The Morgan fingerprint density at radius 2 is 1.92 bits per heavy atom. The van der Waals surface area contributed by atoms with E-state index in [1.54, 1.807) is 0 Å². The van der Waals surface area contributed by atoms with Crippen LogP contribution in [0, 0.1) is 0 Å². The molecule has 0 spiro atoms. The number of rotatable bonds is 2. The molecule has 1 aromatic rings. The van der Waals surface area contributed by atoms with Crippen molar-refractivity contribution in [2.24, 2.45) is 0 Å². The van der Waals surface area contributed by atoms with Gasteiger partial charge < -0.3 is 4.74 Å². The first-order chi connectivity index (χ1) is 6.00. The van der Waals surface area contributed by atoms with Crippen molar-refractivity contribution in [1.82, 2.24) is 0 Å². The smallest absolute Gasteiger partial charge is 0.387 e. The lowest BCUT2D eigenvalue weighted by Crippen LogP contribution is -2.01. The summed E-state index contributed by atoms with van der Waals surface area (Å²) in [6, 6.07) is 2.47. The summed E-state index contributed by atoms with van der Waals surface area (Å²) in [5.41, 5.74) is 0. The number of benzene rings is 1. The minimum atomic E-state index is -2.88. The average Bonchev–Trinajstić information content (AvgIpc) is 1.98. The summed E-state index contributed by atoms with van der Waals surface area (Å²) in [5.74, 6) is -0.0607. The lowest BCUT2D eigenvalue weighted by atomic mass is 10.3. The van der Waals surface area contributed by atoms with Crippen molar-refractivity contribution in [3.05, 3.63) is 22.2 Å². The van der Waals surface area contributed by atoms with Crippen molar-refractivity contribution in [3.63, 3.8) is 0 Å². The molecule has 0 aromatic heterocycles. The summed E-state index contributed by atoms with van der Waals surface area (Å²) in [5, 5.41) is 0.344. The fourth-order valence-electron chi connectivity index (χ4n) is 0.721. The van der Waals surface area contributed by atoms with Crippen molar-refractivity contribution in [1.29, 1.82) is 0 Å². The molecule has 0 atom stereocenters. The van der Waals surface area contributed by atoms with Gasteiger partial charge in [0.1, 0.15) is 5.75 Å². The third-order valence-corrected chi connectivity index (χ3v) is 2.49. The Balaban J connectivity index is 2.99. The fourth-order valence-corrected chi connectivity index (χ4v) is 1.35. The number of thiol groups is 1. The van der Waals surface area contributed by atoms with Crippen LogP contribution in [0.3, 0.4) is 0 Å². The summed E-state index contributed by atoms with van der Waals surface area (Å²) in [6.07, 6.45) is 0. The molecule has 0 saturated carbocycles. The first-order valence-corrected chi connectivity index (χ1v) is 4.34. The molecule has 0 radical (unpaired) electrons. The van der Waals surface area contributed by atoms with Gasteiger partial charge in [0.15, 0.2) is 0 Å². The van der Waals surface area contributed by atoms with E-state index >= 15 is 0 Å². The third kappa shape index (κ3) is 2.90. The molecule has 13 heavy (non-hydrogen) atoms. The Labute approximate surface area is 89.0 Å². The first-order valence-electron chi connectivity index (χ1n) is 3.13. The van der Waals surface area contributed by atoms with Gasteiger partial charge in [-0.05, 0) is 6.07 Å². The van der Waals surface area contributed by atoms with E-state index in [0.717, 1.165) is 0 Å². The summed E-state index contributed by atoms with van der Waals surface area (Å²) in [6.45, 7) is -2.88. The maximum Gasteiger partial charge on any atom is 0.387 e. The number of halogens is 4. The quantitative estimate of drug-likeness (QED) is 0.778. The van der Waals surface area contributed by atoms with Crippen LogP contribution >= 0.6 is 35.8 Å². The van der Waals surface area contributed by atoms with Crippen molar-refractivity contribution >= 4 is 35.8 Å². The molecular weight excluding hydrogens is 241 g/mol. The Morgan fingerprint density at radius 3 is 2.38 bits per heavy atom. The second-order valence-corrected chi connectivity index (χ2v) is 3.38. The molecule has 0 heterocycles. The van der Waals surface area contributed by atoms with Gasteiger partial charge in [-0.1, -0.05) is 23.2 Å². The second-order valence-electron chi connectivity index (χ2n) is 2.12. The minimum Gasteiger partial charge on any atom is -0.435 e. The zero-order chi connectivity index (χ0) is 10.0. The molecule has 6 heteroatoms. The molecule has 1 rings (SSSR count). The van der Waals surface area contributed by atoms with E-state index in [2.05, 4.69) is 17.4 Å². The van der Waals surface area contributed by atoms with Gasteiger partial charge in [-0.15, -0.1) is 12.6 Å². The van der Waals surface area contributed by atoms with Crippen LogP contribution in [0.4, 0.5) is 8.78 Å². The van der Waals surface area contributed by atoms with Gasteiger partial charge in [0.2, 0.25) is 0 Å². The third-order valence-electron chi connectivity index (χ3n) is 1.21. The van der Waals surface area contributed by atoms with E-state index in [1.807, 2.05) is 0 Å². The lowest BCUT2D eigenvalue weighted by molar-refractivity contribution is -0.0499. The van der Waals surface area contributed by atoms with E-state index in [9.17, 15) is 8.78 Å². The van der Waals surface area contributed by atoms with Gasteiger partial charge in [0.25, 0.3) is 0 Å². The van der Waals surface area contributed by atoms with Crippen LogP contribution in [0.25, 0.3) is 0 Å². The zero-order valence-corrected chi connectivity index (χ0v) is 8.51. The molecule has 1 aromatic carbocycles. The van der Waals surface area contributed by atoms with Crippen LogP contribution in [-0.2, 0) is 0 Å². The molecule has 0 fully saturated rings. The van der Waals surface area contributed by atoms with Crippen molar-refractivity contribution < 1.29 is 13.5 Å². The monoisotopic (exact) mass is 244 g/mol. The topological polar surface area (TPSA) is 9.23 Å². The molecular formula is C7H4Cl2F2OS. The van der Waals surface area contributed by atoms with Gasteiger partial charge in [-0.25, -0.2) is 0 Å². The molecule has 0 aliphatic heterocycles. The lowest BCUT2D eigenvalue weighted by Gasteiger charge is -2.06. The van der Waals surface area contributed by atoms with Gasteiger partial charge in [0.05, 0.1) is 10.0 Å². The van der Waals surface area contributed by atoms with Gasteiger partial charge in [-0.3, -0.25) is 0 Å². The van der Waals surface area contributed by atoms with Crippen LogP contribution in [-0.4, -0.2) is 6.61 Å². The zero-order valence-electron chi connectivity index (χ0n) is 6.10. The van der Waals surface area contributed by atoms with Crippen molar-refractivity contribution in [2.75, 3.05) is 0 Å². The number of hydrogen-bond acceptors (Lipinski definition) is 2. The summed E-state index contributed by atoms with van der Waals surface area (Å²) in [4.78, 5) is 0.296. The van der Waals surface area contributed by atoms with Crippen LogP contribution in [0.15, 0.2) is 17.0 Å². The Morgan fingerprint density at radius 1 is 1.31 bits per heavy atom. The largest absolute Gasteiger partial charge is 0.435 e. The highest BCUT2D eigenvalue weighted by Crippen LogP contribution is 2.33. The van der Waals surface area contributed by atoms with E-state index in [-0.39, 0.29) is 15.8 Å². The molecule has 0 amide bonds. The Bertz CT molecular complexity index is 296. The number of ether oxygens (including phenoxy) is 1. The van der Waals surface area contributed by atoms with Gasteiger partial charge >= 0.3 is 6.61 Å². The molecule has 0 N–H and O–H groups in total. The Kier molecular flexibility index (Phi) is 3.64.